The zero-order chi connectivity index (χ0) is 23.8. The normalized spacial score (nSPS) is 11.5. The average molecular weight is 457 g/mol. The van der Waals surface area contributed by atoms with E-state index in [9.17, 15) is 23.2 Å². The van der Waals surface area contributed by atoms with Crippen LogP contribution >= 0.6 is 0 Å². The number of ether oxygens (including phenoxy) is 2. The third-order valence-corrected chi connectivity index (χ3v) is 4.48. The van der Waals surface area contributed by atoms with E-state index >= 15 is 0 Å². The quantitative estimate of drug-likeness (QED) is 0.451. The number of fused-ring (bicyclic) bond motifs is 1. The Morgan fingerprint density at radius 1 is 0.848 bits per heavy atom. The topological polar surface area (TPSA) is 106 Å². The van der Waals surface area contributed by atoms with E-state index in [0.717, 1.165) is 10.8 Å². The van der Waals surface area contributed by atoms with Crippen LogP contribution < -0.4 is 25.6 Å². The highest BCUT2D eigenvalue weighted by Crippen LogP contribution is 2.21. The molecule has 3 aromatic carbocycles. The smallest absolute Gasteiger partial charge is 0.387 e. The van der Waals surface area contributed by atoms with E-state index in [-0.39, 0.29) is 11.3 Å². The molecule has 3 aromatic rings. The molecule has 8 nitrogen and oxygen atoms in total. The van der Waals surface area contributed by atoms with Crippen LogP contribution in [0, 0.1) is 0 Å². The molecule has 0 spiro atoms. The summed E-state index contributed by atoms with van der Waals surface area (Å²) in [6.45, 7) is -1.86. The molecule has 0 saturated heterocycles. The van der Waals surface area contributed by atoms with Gasteiger partial charge in [-0.3, -0.25) is 25.2 Å². The van der Waals surface area contributed by atoms with Crippen LogP contribution in [0.4, 0.5) is 8.78 Å². The Bertz CT molecular complexity index is 1140. The molecular weight excluding hydrogens is 436 g/mol. The van der Waals surface area contributed by atoms with Gasteiger partial charge in [-0.1, -0.05) is 30.3 Å². The third kappa shape index (κ3) is 6.89. The molecule has 0 aromatic heterocycles. The summed E-state index contributed by atoms with van der Waals surface area (Å²) in [5.41, 5.74) is 4.55. The Balaban J connectivity index is 1.41. The number of rotatable bonds is 8. The molecule has 0 bridgehead atoms. The number of nitrogens with one attached hydrogen (secondary N) is 3. The molecule has 0 aliphatic rings. The molecular formula is C23H21F2N3O5. The van der Waals surface area contributed by atoms with E-state index in [1.165, 1.54) is 31.2 Å². The number of hydrogen-bond donors (Lipinski definition) is 3. The summed E-state index contributed by atoms with van der Waals surface area (Å²) in [5.74, 6) is -1.46. The summed E-state index contributed by atoms with van der Waals surface area (Å²) in [6, 6.07) is 18.1. The van der Waals surface area contributed by atoms with Gasteiger partial charge in [0.05, 0.1) is 6.54 Å². The first kappa shape index (κ1) is 23.5. The number of amides is 3. The minimum absolute atomic E-state index is 0.0953. The van der Waals surface area contributed by atoms with Gasteiger partial charge in [-0.15, -0.1) is 0 Å². The van der Waals surface area contributed by atoms with Gasteiger partial charge in [-0.25, -0.2) is 0 Å². The summed E-state index contributed by atoms with van der Waals surface area (Å²) < 4.78 is 34.1. The highest BCUT2D eigenvalue weighted by molar-refractivity contribution is 5.96. The first-order chi connectivity index (χ1) is 15.8. The lowest BCUT2D eigenvalue weighted by molar-refractivity contribution is -0.132. The Hall–Kier alpha value is -4.21. The lowest BCUT2D eigenvalue weighted by atomic mass is 10.1. The summed E-state index contributed by atoms with van der Waals surface area (Å²) >= 11 is 0. The number of benzene rings is 3. The second kappa shape index (κ2) is 10.9. The lowest BCUT2D eigenvalue weighted by Crippen LogP contribution is -2.50. The summed E-state index contributed by atoms with van der Waals surface area (Å²) in [4.78, 5) is 36.1. The number of halogens is 2. The van der Waals surface area contributed by atoms with Crippen LogP contribution in [0.5, 0.6) is 11.5 Å². The van der Waals surface area contributed by atoms with E-state index in [0.29, 0.717) is 5.75 Å². The molecule has 33 heavy (non-hydrogen) atoms. The van der Waals surface area contributed by atoms with Gasteiger partial charge in [0.25, 0.3) is 17.7 Å². The average Bonchev–Trinajstić information content (AvgIpc) is 2.81. The van der Waals surface area contributed by atoms with Crippen LogP contribution in [-0.4, -0.2) is 37.0 Å². The predicted octanol–water partition coefficient (Wildman–Crippen LogP) is 2.79. The van der Waals surface area contributed by atoms with Crippen LogP contribution in [-0.2, 0) is 9.59 Å². The minimum atomic E-state index is -2.97. The Morgan fingerprint density at radius 2 is 1.52 bits per heavy atom. The van der Waals surface area contributed by atoms with Gasteiger partial charge in [-0.05, 0) is 54.1 Å². The number of carbonyl (C=O) groups is 3. The van der Waals surface area contributed by atoms with Crippen LogP contribution in [0.15, 0.2) is 66.7 Å². The summed E-state index contributed by atoms with van der Waals surface area (Å²) in [5, 5.41) is 4.34. The van der Waals surface area contributed by atoms with Crippen molar-refractivity contribution in [1.82, 2.24) is 16.2 Å². The Morgan fingerprint density at radius 3 is 2.21 bits per heavy atom. The maximum absolute atomic E-state index is 12.2. The third-order valence-electron chi connectivity index (χ3n) is 4.48. The van der Waals surface area contributed by atoms with E-state index in [2.05, 4.69) is 20.9 Å². The van der Waals surface area contributed by atoms with Crippen molar-refractivity contribution in [2.45, 2.75) is 19.6 Å². The van der Waals surface area contributed by atoms with E-state index < -0.39 is 37.0 Å². The van der Waals surface area contributed by atoms with Crippen LogP contribution in [0.25, 0.3) is 10.8 Å². The summed E-state index contributed by atoms with van der Waals surface area (Å²) in [6.07, 6.45) is -0.893. The fourth-order valence-corrected chi connectivity index (χ4v) is 2.83. The second-order valence-electron chi connectivity index (χ2n) is 6.89. The van der Waals surface area contributed by atoms with Gasteiger partial charge in [0.1, 0.15) is 11.5 Å². The molecule has 3 N–H and O–H groups in total. The van der Waals surface area contributed by atoms with Crippen molar-refractivity contribution in [3.05, 3.63) is 72.3 Å². The first-order valence-corrected chi connectivity index (χ1v) is 9.89. The highest BCUT2D eigenvalue weighted by Gasteiger charge is 2.16. The molecule has 0 heterocycles. The number of hydrogen-bond acceptors (Lipinski definition) is 5. The van der Waals surface area contributed by atoms with Crippen molar-refractivity contribution in [3.8, 4) is 11.5 Å². The number of alkyl halides is 2. The fourth-order valence-electron chi connectivity index (χ4n) is 2.83. The first-order valence-electron chi connectivity index (χ1n) is 9.89. The molecule has 0 saturated carbocycles. The van der Waals surface area contributed by atoms with Gasteiger partial charge >= 0.3 is 6.61 Å². The lowest BCUT2D eigenvalue weighted by Gasteiger charge is -2.15. The molecule has 0 aliphatic heterocycles. The number of hydrazine groups is 1. The molecule has 0 radical (unpaired) electrons. The maximum Gasteiger partial charge on any atom is 0.387 e. The highest BCUT2D eigenvalue weighted by atomic mass is 19.3. The molecule has 0 aliphatic carbocycles. The van der Waals surface area contributed by atoms with E-state index in [4.69, 9.17) is 4.74 Å². The Labute approximate surface area is 187 Å². The molecule has 1 unspecified atom stereocenters. The molecule has 0 fully saturated rings. The van der Waals surface area contributed by atoms with E-state index in [1.807, 2.05) is 30.3 Å². The van der Waals surface area contributed by atoms with Crippen molar-refractivity contribution in [2.75, 3.05) is 6.54 Å². The predicted molar refractivity (Wildman–Crippen MR) is 116 cm³/mol. The van der Waals surface area contributed by atoms with Crippen molar-refractivity contribution in [2.24, 2.45) is 0 Å². The monoisotopic (exact) mass is 457 g/mol. The summed E-state index contributed by atoms with van der Waals surface area (Å²) in [7, 11) is 0. The number of carbonyl (C=O) groups excluding carboxylic acids is 3. The van der Waals surface area contributed by atoms with Gasteiger partial charge < -0.3 is 14.8 Å². The molecule has 10 heteroatoms. The van der Waals surface area contributed by atoms with Gasteiger partial charge in [0.2, 0.25) is 0 Å². The van der Waals surface area contributed by atoms with Crippen LogP contribution in [0.1, 0.15) is 17.3 Å². The van der Waals surface area contributed by atoms with Crippen LogP contribution in [0.2, 0.25) is 0 Å². The standard InChI is InChI=1S/C23H21F2N3O5/c1-14(32-19-11-6-15-4-2-3-5-17(15)12-19)21(30)28-27-20(29)13-26-22(31)16-7-9-18(10-8-16)33-23(24)25/h2-12,14,23H,13H2,1H3,(H,26,31)(H,27,29)(H,28,30). The zero-order valence-electron chi connectivity index (χ0n) is 17.5. The van der Waals surface area contributed by atoms with Crippen molar-refractivity contribution < 1.29 is 32.6 Å². The van der Waals surface area contributed by atoms with Crippen LogP contribution in [0.3, 0.4) is 0 Å². The van der Waals surface area contributed by atoms with E-state index in [1.54, 1.807) is 12.1 Å². The largest absolute Gasteiger partial charge is 0.481 e. The van der Waals surface area contributed by atoms with Gasteiger partial charge in [-0.2, -0.15) is 8.78 Å². The molecule has 3 amide bonds. The van der Waals surface area contributed by atoms with Gasteiger partial charge in [0.15, 0.2) is 6.10 Å². The zero-order valence-corrected chi connectivity index (χ0v) is 17.5. The Kier molecular flexibility index (Phi) is 7.74. The second-order valence-corrected chi connectivity index (χ2v) is 6.89. The van der Waals surface area contributed by atoms with Crippen molar-refractivity contribution >= 4 is 28.5 Å². The fraction of sp³-hybridized carbons (Fsp3) is 0.174. The minimum Gasteiger partial charge on any atom is -0.481 e. The molecule has 3 rings (SSSR count). The molecule has 172 valence electrons. The van der Waals surface area contributed by atoms with Crippen molar-refractivity contribution in [1.29, 1.82) is 0 Å². The SMILES string of the molecule is CC(Oc1ccc2ccccc2c1)C(=O)NNC(=O)CNC(=O)c1ccc(OC(F)F)cc1. The van der Waals surface area contributed by atoms with Gasteiger partial charge in [0, 0.05) is 5.56 Å². The maximum atomic E-state index is 12.2. The molecule has 1 atom stereocenters. The van der Waals surface area contributed by atoms with Crippen molar-refractivity contribution in [3.63, 3.8) is 0 Å².